The van der Waals surface area contributed by atoms with Gasteiger partial charge in [0.25, 0.3) is 0 Å². The van der Waals surface area contributed by atoms with Crippen molar-refractivity contribution in [3.63, 3.8) is 0 Å². The highest BCUT2D eigenvalue weighted by molar-refractivity contribution is 5.09. The minimum Gasteiger partial charge on any atom is -0.367 e. The lowest BCUT2D eigenvalue weighted by Crippen LogP contribution is -2.45. The third kappa shape index (κ3) is 1.40. The van der Waals surface area contributed by atoms with Crippen LogP contribution in [0, 0.1) is 5.92 Å². The van der Waals surface area contributed by atoms with Gasteiger partial charge in [0.2, 0.25) is 5.95 Å². The first-order valence-corrected chi connectivity index (χ1v) is 4.07. The molecule has 0 saturated carbocycles. The van der Waals surface area contributed by atoms with Gasteiger partial charge in [0.1, 0.15) is 6.33 Å². The Balaban J connectivity index is 1.88. The van der Waals surface area contributed by atoms with E-state index in [1.165, 1.54) is 0 Å². The normalized spacial score (nSPS) is 19.4. The molecule has 12 heavy (non-hydrogen) atoms. The molecular formula is C7H13N5. The second kappa shape index (κ2) is 2.75. The van der Waals surface area contributed by atoms with Crippen LogP contribution in [0.15, 0.2) is 6.33 Å². The molecule has 2 heterocycles. The van der Waals surface area contributed by atoms with E-state index in [2.05, 4.69) is 22.0 Å². The summed E-state index contributed by atoms with van der Waals surface area (Å²) >= 11 is 0. The Bertz CT molecular complexity index is 263. The fraction of sp³-hybridized carbons (Fsp3) is 0.714. The molecule has 0 aromatic carbocycles. The van der Waals surface area contributed by atoms with Gasteiger partial charge in [-0.2, -0.15) is 0 Å². The molecule has 2 N–H and O–H groups in total. The summed E-state index contributed by atoms with van der Waals surface area (Å²) in [7, 11) is 2.12. The van der Waals surface area contributed by atoms with Crippen molar-refractivity contribution in [2.24, 2.45) is 5.92 Å². The zero-order valence-electron chi connectivity index (χ0n) is 7.14. The molecule has 1 aliphatic heterocycles. The molecule has 1 aromatic heterocycles. The maximum Gasteiger partial charge on any atom is 0.239 e. The second-order valence-corrected chi connectivity index (χ2v) is 3.41. The number of nitrogen functional groups attached to an aromatic ring is 1. The highest BCUT2D eigenvalue weighted by Gasteiger charge is 2.23. The summed E-state index contributed by atoms with van der Waals surface area (Å²) in [5.41, 5.74) is 5.39. The van der Waals surface area contributed by atoms with Gasteiger partial charge in [-0.05, 0) is 7.05 Å². The van der Waals surface area contributed by atoms with Crippen molar-refractivity contribution in [3.05, 3.63) is 6.33 Å². The van der Waals surface area contributed by atoms with Crippen molar-refractivity contribution >= 4 is 5.95 Å². The zero-order chi connectivity index (χ0) is 8.55. The number of hydrogen-bond donors (Lipinski definition) is 1. The van der Waals surface area contributed by atoms with Gasteiger partial charge in [0.05, 0.1) is 0 Å². The van der Waals surface area contributed by atoms with Crippen molar-refractivity contribution in [1.82, 2.24) is 19.7 Å². The van der Waals surface area contributed by atoms with Crippen LogP contribution in [-0.4, -0.2) is 39.8 Å². The van der Waals surface area contributed by atoms with Gasteiger partial charge in [-0.1, -0.05) is 0 Å². The van der Waals surface area contributed by atoms with Crippen molar-refractivity contribution < 1.29 is 0 Å². The molecule has 0 spiro atoms. The van der Waals surface area contributed by atoms with Crippen LogP contribution >= 0.6 is 0 Å². The lowest BCUT2D eigenvalue weighted by molar-refractivity contribution is 0.116. The standard InChI is InChI=1S/C7H13N5/c1-11-2-6(3-11)4-12-5-9-7(8)10-12/h5-6H,2-4H2,1H3,(H2,8,10). The Morgan fingerprint density at radius 1 is 1.67 bits per heavy atom. The van der Waals surface area contributed by atoms with E-state index in [0.717, 1.165) is 25.6 Å². The summed E-state index contributed by atoms with van der Waals surface area (Å²) in [4.78, 5) is 6.15. The second-order valence-electron chi connectivity index (χ2n) is 3.41. The van der Waals surface area contributed by atoms with Crippen molar-refractivity contribution in [3.8, 4) is 0 Å². The molecule has 5 nitrogen and oxygen atoms in total. The van der Waals surface area contributed by atoms with Crippen LogP contribution in [0.5, 0.6) is 0 Å². The molecule has 1 fully saturated rings. The smallest absolute Gasteiger partial charge is 0.239 e. The monoisotopic (exact) mass is 167 g/mol. The van der Waals surface area contributed by atoms with Gasteiger partial charge in [0, 0.05) is 25.6 Å². The molecule has 2 rings (SSSR count). The Morgan fingerprint density at radius 2 is 2.42 bits per heavy atom. The van der Waals surface area contributed by atoms with Crippen LogP contribution in [0.2, 0.25) is 0 Å². The molecule has 0 amide bonds. The predicted octanol–water partition coefficient (Wildman–Crippen LogP) is -0.578. The van der Waals surface area contributed by atoms with Crippen LogP contribution in [0.3, 0.4) is 0 Å². The van der Waals surface area contributed by atoms with Crippen molar-refractivity contribution in [2.75, 3.05) is 25.9 Å². The molecule has 0 unspecified atom stereocenters. The quantitative estimate of drug-likeness (QED) is 0.640. The first kappa shape index (κ1) is 7.54. The van der Waals surface area contributed by atoms with E-state index in [4.69, 9.17) is 5.73 Å². The molecule has 1 aromatic rings. The first-order chi connectivity index (χ1) is 5.74. The summed E-state index contributed by atoms with van der Waals surface area (Å²) in [6.45, 7) is 3.24. The van der Waals surface area contributed by atoms with Gasteiger partial charge in [-0.25, -0.2) is 4.98 Å². The van der Waals surface area contributed by atoms with E-state index in [1.54, 1.807) is 6.33 Å². The van der Waals surface area contributed by atoms with Crippen LogP contribution in [0.4, 0.5) is 5.95 Å². The van der Waals surface area contributed by atoms with Crippen LogP contribution in [-0.2, 0) is 6.54 Å². The molecule has 1 aliphatic rings. The van der Waals surface area contributed by atoms with Crippen LogP contribution in [0.25, 0.3) is 0 Å². The molecule has 5 heteroatoms. The molecule has 0 bridgehead atoms. The minimum atomic E-state index is 0.364. The van der Waals surface area contributed by atoms with Gasteiger partial charge in [-0.15, -0.1) is 5.10 Å². The number of rotatable bonds is 2. The minimum absolute atomic E-state index is 0.364. The number of likely N-dealkylation sites (tertiary alicyclic amines) is 1. The molecular weight excluding hydrogens is 154 g/mol. The topological polar surface area (TPSA) is 60.0 Å². The van der Waals surface area contributed by atoms with E-state index in [0.29, 0.717) is 5.95 Å². The SMILES string of the molecule is CN1CC(Cn2cnc(N)n2)C1. The van der Waals surface area contributed by atoms with Gasteiger partial charge in [0.15, 0.2) is 0 Å². The lowest BCUT2D eigenvalue weighted by Gasteiger charge is -2.35. The van der Waals surface area contributed by atoms with Crippen molar-refractivity contribution in [2.45, 2.75) is 6.54 Å². The van der Waals surface area contributed by atoms with E-state index in [9.17, 15) is 0 Å². The largest absolute Gasteiger partial charge is 0.367 e. The summed E-state index contributed by atoms with van der Waals surface area (Å²) in [6, 6.07) is 0. The molecule has 0 atom stereocenters. The molecule has 1 saturated heterocycles. The Labute approximate surface area is 71.2 Å². The highest BCUT2D eigenvalue weighted by atomic mass is 15.4. The average Bonchev–Trinajstić information content (AvgIpc) is 2.33. The van der Waals surface area contributed by atoms with Gasteiger partial charge in [-0.3, -0.25) is 4.68 Å². The van der Waals surface area contributed by atoms with Gasteiger partial charge >= 0.3 is 0 Å². The predicted molar refractivity (Wildman–Crippen MR) is 45.4 cm³/mol. The van der Waals surface area contributed by atoms with Crippen LogP contribution in [0.1, 0.15) is 0 Å². The van der Waals surface area contributed by atoms with E-state index < -0.39 is 0 Å². The average molecular weight is 167 g/mol. The number of aromatic nitrogens is 3. The summed E-state index contributed by atoms with van der Waals surface area (Å²) in [5, 5.41) is 4.02. The van der Waals surface area contributed by atoms with E-state index >= 15 is 0 Å². The van der Waals surface area contributed by atoms with E-state index in [-0.39, 0.29) is 0 Å². The molecule has 0 radical (unpaired) electrons. The number of nitrogens with two attached hydrogens (primary N) is 1. The number of hydrogen-bond acceptors (Lipinski definition) is 4. The zero-order valence-corrected chi connectivity index (χ0v) is 7.14. The van der Waals surface area contributed by atoms with Gasteiger partial charge < -0.3 is 10.6 Å². The highest BCUT2D eigenvalue weighted by Crippen LogP contribution is 2.14. The number of anilines is 1. The Kier molecular flexibility index (Phi) is 1.73. The maximum atomic E-state index is 5.39. The Hall–Kier alpha value is -1.10. The summed E-state index contributed by atoms with van der Waals surface area (Å²) in [6.07, 6.45) is 1.69. The first-order valence-electron chi connectivity index (χ1n) is 4.07. The van der Waals surface area contributed by atoms with E-state index in [1.807, 2.05) is 4.68 Å². The van der Waals surface area contributed by atoms with Crippen molar-refractivity contribution in [1.29, 1.82) is 0 Å². The summed E-state index contributed by atoms with van der Waals surface area (Å²) in [5.74, 6) is 1.08. The fourth-order valence-corrected chi connectivity index (χ4v) is 1.61. The lowest BCUT2D eigenvalue weighted by atomic mass is 10.0. The maximum absolute atomic E-state index is 5.39. The Morgan fingerprint density at radius 3 is 2.92 bits per heavy atom. The molecule has 0 aliphatic carbocycles. The third-order valence-electron chi connectivity index (χ3n) is 2.14. The number of nitrogens with zero attached hydrogens (tertiary/aromatic N) is 4. The molecule has 66 valence electrons. The van der Waals surface area contributed by atoms with Crippen LogP contribution < -0.4 is 5.73 Å². The summed E-state index contributed by atoms with van der Waals surface area (Å²) < 4.78 is 1.81. The third-order valence-corrected chi connectivity index (χ3v) is 2.14. The fourth-order valence-electron chi connectivity index (χ4n) is 1.61.